The Morgan fingerprint density at radius 2 is 1.67 bits per heavy atom. The van der Waals surface area contributed by atoms with Crippen LogP contribution in [0.2, 0.25) is 0 Å². The molecule has 1 atom stereocenters. The number of carbonyl (C=O) groups is 2. The fourth-order valence-corrected chi connectivity index (χ4v) is 1.86. The van der Waals surface area contributed by atoms with E-state index in [-0.39, 0.29) is 25.7 Å². The van der Waals surface area contributed by atoms with Gasteiger partial charge in [-0.3, -0.25) is 14.2 Å². The van der Waals surface area contributed by atoms with E-state index < -0.39 is 25.2 Å². The Kier molecular flexibility index (Phi) is 5.49. The molecule has 0 radical (unpaired) electrons. The summed E-state index contributed by atoms with van der Waals surface area (Å²) in [6.07, 6.45) is 0.0217. The van der Waals surface area contributed by atoms with Gasteiger partial charge in [0.25, 0.3) is 0 Å². The molecule has 0 aliphatic heterocycles. The lowest BCUT2D eigenvalue weighted by atomic mass is 10.1. The average molecular weight is 240 g/mol. The van der Waals surface area contributed by atoms with Crippen molar-refractivity contribution in [3.8, 4) is 0 Å². The van der Waals surface area contributed by atoms with E-state index in [0.29, 0.717) is 0 Å². The minimum absolute atomic E-state index is 0.131. The molecule has 0 spiro atoms. The summed E-state index contributed by atoms with van der Waals surface area (Å²) in [7, 11) is -4.64. The van der Waals surface area contributed by atoms with E-state index in [1.807, 2.05) is 0 Å². The molecule has 0 saturated heterocycles. The van der Waals surface area contributed by atoms with E-state index >= 15 is 0 Å². The summed E-state index contributed by atoms with van der Waals surface area (Å²) in [6, 6.07) is 0. The number of carboxylic acids is 2. The summed E-state index contributed by atoms with van der Waals surface area (Å²) >= 11 is 0. The molecule has 0 fully saturated rings. The molecular weight excluding hydrogens is 227 g/mol. The number of hydrogen-bond donors (Lipinski definition) is 4. The largest absolute Gasteiger partial charge is 0.481 e. The van der Waals surface area contributed by atoms with E-state index in [4.69, 9.17) is 20.0 Å². The second kappa shape index (κ2) is 5.85. The van der Waals surface area contributed by atoms with E-state index in [0.717, 1.165) is 0 Å². The molecule has 0 bridgehead atoms. The predicted octanol–water partition coefficient (Wildman–Crippen LogP) is 0.262. The lowest BCUT2D eigenvalue weighted by molar-refractivity contribution is -0.137. The topological polar surface area (TPSA) is 132 Å². The molecule has 0 aromatic heterocycles. The molecule has 0 rings (SSSR count). The van der Waals surface area contributed by atoms with Gasteiger partial charge in [-0.25, -0.2) is 0 Å². The molecule has 4 N–H and O–H groups in total. The normalized spacial score (nSPS) is 13.5. The Hall–Kier alpha value is -0.910. The van der Waals surface area contributed by atoms with Crippen molar-refractivity contribution in [3.05, 3.63) is 0 Å². The van der Waals surface area contributed by atoms with E-state index in [1.165, 1.54) is 0 Å². The van der Waals surface area contributed by atoms with Crippen molar-refractivity contribution >= 4 is 19.5 Å². The van der Waals surface area contributed by atoms with E-state index in [2.05, 4.69) is 0 Å². The molecule has 0 aromatic carbocycles. The number of unbranched alkanes of at least 4 members (excludes halogenated alkanes) is 1. The molecular formula is C7H13O7P. The third-order valence-corrected chi connectivity index (χ3v) is 3.10. The molecule has 0 heterocycles. The predicted molar refractivity (Wildman–Crippen MR) is 49.6 cm³/mol. The summed E-state index contributed by atoms with van der Waals surface area (Å²) < 4.78 is 10.7. The molecule has 88 valence electrons. The van der Waals surface area contributed by atoms with Crippen LogP contribution in [0.4, 0.5) is 0 Å². The first-order valence-electron chi connectivity index (χ1n) is 4.25. The lowest BCUT2D eigenvalue weighted by Gasteiger charge is -2.12. The summed E-state index contributed by atoms with van der Waals surface area (Å²) in [6.45, 7) is 0. The van der Waals surface area contributed by atoms with Gasteiger partial charge in [-0.05, 0) is 12.8 Å². The van der Waals surface area contributed by atoms with Crippen LogP contribution in [-0.4, -0.2) is 37.6 Å². The van der Waals surface area contributed by atoms with Gasteiger partial charge < -0.3 is 20.0 Å². The molecule has 8 heteroatoms. The van der Waals surface area contributed by atoms with Crippen LogP contribution in [0.1, 0.15) is 25.7 Å². The zero-order valence-corrected chi connectivity index (χ0v) is 8.76. The number of carboxylic acid groups (broad SMARTS) is 2. The SMILES string of the molecule is O=C(O)CCCCC(C(=O)O)P(=O)(O)O. The first kappa shape index (κ1) is 14.1. The molecule has 0 amide bonds. The maximum atomic E-state index is 10.7. The Bertz CT molecular complexity index is 281. The summed E-state index contributed by atoms with van der Waals surface area (Å²) in [5, 5.41) is 16.8. The second-order valence-electron chi connectivity index (χ2n) is 3.08. The Balaban J connectivity index is 4.05. The summed E-state index contributed by atoms with van der Waals surface area (Å²) in [5.74, 6) is -2.57. The lowest BCUT2D eigenvalue weighted by Crippen LogP contribution is -2.20. The first-order valence-corrected chi connectivity index (χ1v) is 5.93. The Morgan fingerprint density at radius 1 is 1.13 bits per heavy atom. The van der Waals surface area contributed by atoms with Crippen molar-refractivity contribution in [2.24, 2.45) is 0 Å². The minimum Gasteiger partial charge on any atom is -0.481 e. The zero-order valence-electron chi connectivity index (χ0n) is 7.87. The number of aliphatic carboxylic acids is 2. The van der Waals surface area contributed by atoms with Gasteiger partial charge in [-0.2, -0.15) is 0 Å². The monoisotopic (exact) mass is 240 g/mol. The Morgan fingerprint density at radius 3 is 2.00 bits per heavy atom. The van der Waals surface area contributed by atoms with Crippen molar-refractivity contribution in [2.45, 2.75) is 31.3 Å². The van der Waals surface area contributed by atoms with Crippen molar-refractivity contribution in [1.29, 1.82) is 0 Å². The van der Waals surface area contributed by atoms with Gasteiger partial charge >= 0.3 is 19.5 Å². The molecule has 0 aliphatic carbocycles. The number of rotatable bonds is 7. The van der Waals surface area contributed by atoms with Crippen LogP contribution in [0, 0.1) is 0 Å². The molecule has 0 aromatic rings. The third kappa shape index (κ3) is 6.22. The average Bonchev–Trinajstić information content (AvgIpc) is 1.99. The van der Waals surface area contributed by atoms with Gasteiger partial charge in [0, 0.05) is 6.42 Å². The molecule has 0 aliphatic rings. The van der Waals surface area contributed by atoms with Gasteiger partial charge in [-0.1, -0.05) is 6.42 Å². The first-order chi connectivity index (χ1) is 6.75. The molecule has 0 saturated carbocycles. The highest BCUT2D eigenvalue weighted by molar-refractivity contribution is 7.53. The third-order valence-electron chi connectivity index (χ3n) is 1.81. The Labute approximate surface area is 85.9 Å². The molecule has 7 nitrogen and oxygen atoms in total. The van der Waals surface area contributed by atoms with Crippen LogP contribution in [0.3, 0.4) is 0 Å². The quantitative estimate of drug-likeness (QED) is 0.370. The maximum Gasteiger partial charge on any atom is 0.339 e. The molecule has 1 unspecified atom stereocenters. The van der Waals surface area contributed by atoms with Crippen LogP contribution >= 0.6 is 7.60 Å². The fraction of sp³-hybridized carbons (Fsp3) is 0.714. The van der Waals surface area contributed by atoms with Gasteiger partial charge in [0.05, 0.1) is 0 Å². The van der Waals surface area contributed by atoms with Crippen LogP contribution < -0.4 is 0 Å². The standard InChI is InChI=1S/C7H13O7P/c8-6(9)4-2-1-3-5(7(10)11)15(12,13)14/h5H,1-4H2,(H,8,9)(H,10,11)(H2,12,13,14). The van der Waals surface area contributed by atoms with Crippen LogP contribution in [0.15, 0.2) is 0 Å². The maximum absolute atomic E-state index is 10.7. The van der Waals surface area contributed by atoms with Crippen LogP contribution in [0.25, 0.3) is 0 Å². The fourth-order valence-electron chi connectivity index (χ4n) is 1.05. The zero-order chi connectivity index (χ0) is 12.1. The van der Waals surface area contributed by atoms with Gasteiger partial charge in [0.15, 0.2) is 5.66 Å². The van der Waals surface area contributed by atoms with Crippen molar-refractivity contribution in [3.63, 3.8) is 0 Å². The number of hydrogen-bond acceptors (Lipinski definition) is 3. The van der Waals surface area contributed by atoms with Crippen molar-refractivity contribution < 1.29 is 34.2 Å². The van der Waals surface area contributed by atoms with E-state index in [1.54, 1.807) is 0 Å². The highest BCUT2D eigenvalue weighted by Gasteiger charge is 2.34. The minimum atomic E-state index is -4.64. The summed E-state index contributed by atoms with van der Waals surface area (Å²) in [5.41, 5.74) is -1.73. The second-order valence-corrected chi connectivity index (χ2v) is 4.88. The van der Waals surface area contributed by atoms with Gasteiger partial charge in [0.1, 0.15) is 0 Å². The van der Waals surface area contributed by atoms with Gasteiger partial charge in [0.2, 0.25) is 0 Å². The highest BCUT2D eigenvalue weighted by atomic mass is 31.2. The van der Waals surface area contributed by atoms with Crippen LogP contribution in [0.5, 0.6) is 0 Å². The highest BCUT2D eigenvalue weighted by Crippen LogP contribution is 2.43. The van der Waals surface area contributed by atoms with Crippen molar-refractivity contribution in [1.82, 2.24) is 0 Å². The summed E-state index contributed by atoms with van der Waals surface area (Å²) in [4.78, 5) is 37.9. The van der Waals surface area contributed by atoms with Crippen LogP contribution in [-0.2, 0) is 14.2 Å². The van der Waals surface area contributed by atoms with E-state index in [9.17, 15) is 14.2 Å². The molecule has 15 heavy (non-hydrogen) atoms. The smallest absolute Gasteiger partial charge is 0.339 e. The van der Waals surface area contributed by atoms with Crippen molar-refractivity contribution in [2.75, 3.05) is 0 Å². The van der Waals surface area contributed by atoms with Gasteiger partial charge in [-0.15, -0.1) is 0 Å².